The van der Waals surface area contributed by atoms with E-state index in [1.54, 1.807) is 12.1 Å². The highest BCUT2D eigenvalue weighted by Crippen LogP contribution is 2.41. The number of carboxylic acid groups (broad SMARTS) is 1. The van der Waals surface area contributed by atoms with Crippen LogP contribution in [0.15, 0.2) is 54.6 Å². The Hall–Kier alpha value is -2.18. The van der Waals surface area contributed by atoms with Gasteiger partial charge in [-0.2, -0.15) is 4.31 Å². The molecule has 126 valence electrons. The average molecular weight is 345 g/mol. The Kier molecular flexibility index (Phi) is 4.43. The Bertz CT molecular complexity index is 831. The van der Waals surface area contributed by atoms with Gasteiger partial charge in [0, 0.05) is 6.54 Å². The van der Waals surface area contributed by atoms with E-state index in [9.17, 15) is 13.2 Å². The zero-order valence-corrected chi connectivity index (χ0v) is 14.1. The van der Waals surface area contributed by atoms with Gasteiger partial charge >= 0.3 is 5.97 Å². The lowest BCUT2D eigenvalue weighted by Crippen LogP contribution is -2.51. The maximum atomic E-state index is 12.7. The normalized spacial score (nSPS) is 21.2. The van der Waals surface area contributed by atoms with Gasteiger partial charge in [0.05, 0.1) is 17.4 Å². The SMILES string of the molecule is CC1CN(S(=O)(=O)Cc2ccc(C(=O)O)cc2)C1c1ccccc1. The summed E-state index contributed by atoms with van der Waals surface area (Å²) in [6.45, 7) is 2.56. The lowest BCUT2D eigenvalue weighted by atomic mass is 9.88. The molecule has 2 atom stereocenters. The topological polar surface area (TPSA) is 74.7 Å². The molecule has 1 saturated heterocycles. The molecular weight excluding hydrogens is 326 g/mol. The van der Waals surface area contributed by atoms with Crippen molar-refractivity contribution >= 4 is 16.0 Å². The second-order valence-corrected chi connectivity index (χ2v) is 8.08. The number of rotatable bonds is 5. The Morgan fingerprint density at radius 3 is 2.29 bits per heavy atom. The first-order valence-electron chi connectivity index (χ1n) is 7.75. The van der Waals surface area contributed by atoms with Gasteiger partial charge in [-0.1, -0.05) is 49.4 Å². The van der Waals surface area contributed by atoms with E-state index in [4.69, 9.17) is 5.11 Å². The summed E-state index contributed by atoms with van der Waals surface area (Å²) in [4.78, 5) is 10.9. The summed E-state index contributed by atoms with van der Waals surface area (Å²) in [5.41, 5.74) is 1.74. The first kappa shape index (κ1) is 16.7. The minimum atomic E-state index is -3.45. The first-order valence-corrected chi connectivity index (χ1v) is 9.36. The van der Waals surface area contributed by atoms with Crippen LogP contribution in [0.4, 0.5) is 0 Å². The summed E-state index contributed by atoms with van der Waals surface area (Å²) in [7, 11) is -3.45. The van der Waals surface area contributed by atoms with Crippen molar-refractivity contribution in [2.24, 2.45) is 5.92 Å². The molecule has 1 heterocycles. The van der Waals surface area contributed by atoms with E-state index in [-0.39, 0.29) is 23.3 Å². The predicted octanol–water partition coefficient (Wildman–Crippen LogP) is 2.91. The summed E-state index contributed by atoms with van der Waals surface area (Å²) in [5.74, 6) is -0.871. The van der Waals surface area contributed by atoms with Crippen LogP contribution in [-0.4, -0.2) is 30.3 Å². The maximum Gasteiger partial charge on any atom is 0.335 e. The van der Waals surface area contributed by atoms with Crippen molar-refractivity contribution in [2.45, 2.75) is 18.7 Å². The number of benzene rings is 2. The number of carboxylic acids is 1. The monoisotopic (exact) mass is 345 g/mol. The number of sulfonamides is 1. The first-order chi connectivity index (χ1) is 11.4. The number of carbonyl (C=O) groups is 1. The molecule has 0 bridgehead atoms. The Balaban J connectivity index is 1.79. The van der Waals surface area contributed by atoms with E-state index in [2.05, 4.69) is 0 Å². The van der Waals surface area contributed by atoms with Crippen molar-refractivity contribution in [1.82, 2.24) is 4.31 Å². The summed E-state index contributed by atoms with van der Waals surface area (Å²) >= 11 is 0. The summed E-state index contributed by atoms with van der Waals surface area (Å²) < 4.78 is 27.0. The molecule has 2 unspecified atom stereocenters. The molecule has 5 nitrogen and oxygen atoms in total. The molecule has 1 N–H and O–H groups in total. The van der Waals surface area contributed by atoms with Crippen LogP contribution < -0.4 is 0 Å². The van der Waals surface area contributed by atoms with E-state index in [1.807, 2.05) is 37.3 Å². The molecule has 1 aliphatic rings. The number of aromatic carboxylic acids is 1. The average Bonchev–Trinajstić information content (AvgIpc) is 2.53. The van der Waals surface area contributed by atoms with Gasteiger partial charge in [0.2, 0.25) is 10.0 Å². The molecule has 0 amide bonds. The molecule has 6 heteroatoms. The van der Waals surface area contributed by atoms with Gasteiger partial charge in [0.15, 0.2) is 0 Å². The van der Waals surface area contributed by atoms with Crippen LogP contribution in [0, 0.1) is 5.92 Å². The summed E-state index contributed by atoms with van der Waals surface area (Å²) in [5, 5.41) is 8.91. The lowest BCUT2D eigenvalue weighted by Gasteiger charge is -2.45. The minimum absolute atomic E-state index is 0.122. The third-order valence-electron chi connectivity index (χ3n) is 4.37. The summed E-state index contributed by atoms with van der Waals surface area (Å²) in [6.07, 6.45) is 0. The van der Waals surface area contributed by atoms with Crippen LogP contribution in [0.1, 0.15) is 34.5 Å². The third kappa shape index (κ3) is 3.20. The standard InChI is InChI=1S/C18H19NO4S/c1-13-11-19(17(13)15-5-3-2-4-6-15)24(22,23)12-14-7-9-16(10-8-14)18(20)21/h2-10,13,17H,11-12H2,1H3,(H,20,21). The second-order valence-electron chi connectivity index (χ2n) is 6.16. The van der Waals surface area contributed by atoms with Crippen LogP contribution in [0.25, 0.3) is 0 Å². The Labute approximate surface area is 141 Å². The van der Waals surface area contributed by atoms with E-state index in [1.165, 1.54) is 16.4 Å². The molecule has 1 fully saturated rings. The predicted molar refractivity (Wildman–Crippen MR) is 91.1 cm³/mol. The zero-order chi connectivity index (χ0) is 17.3. The highest BCUT2D eigenvalue weighted by Gasteiger charge is 2.43. The van der Waals surface area contributed by atoms with E-state index in [0.29, 0.717) is 12.1 Å². The number of nitrogens with zero attached hydrogens (tertiary/aromatic N) is 1. The highest BCUT2D eigenvalue weighted by atomic mass is 32.2. The van der Waals surface area contributed by atoms with Crippen molar-refractivity contribution in [3.8, 4) is 0 Å². The largest absolute Gasteiger partial charge is 0.478 e. The quantitative estimate of drug-likeness (QED) is 0.904. The fourth-order valence-electron chi connectivity index (χ4n) is 3.11. The van der Waals surface area contributed by atoms with Gasteiger partial charge in [-0.15, -0.1) is 0 Å². The Morgan fingerprint density at radius 1 is 1.12 bits per heavy atom. The molecule has 0 spiro atoms. The van der Waals surface area contributed by atoms with Crippen LogP contribution >= 0.6 is 0 Å². The van der Waals surface area contributed by atoms with Crippen molar-refractivity contribution in [3.05, 3.63) is 71.3 Å². The highest BCUT2D eigenvalue weighted by molar-refractivity contribution is 7.88. The Morgan fingerprint density at radius 2 is 1.75 bits per heavy atom. The van der Waals surface area contributed by atoms with Crippen LogP contribution in [0.5, 0.6) is 0 Å². The second kappa shape index (κ2) is 6.37. The van der Waals surface area contributed by atoms with Crippen molar-refractivity contribution < 1.29 is 18.3 Å². The molecule has 3 rings (SSSR count). The van der Waals surface area contributed by atoms with Crippen molar-refractivity contribution in [2.75, 3.05) is 6.54 Å². The number of hydrogen-bond donors (Lipinski definition) is 1. The number of hydrogen-bond acceptors (Lipinski definition) is 3. The molecular formula is C18H19NO4S. The van der Waals surface area contributed by atoms with Gasteiger partial charge in [-0.3, -0.25) is 0 Å². The molecule has 0 saturated carbocycles. The molecule has 2 aromatic rings. The molecule has 2 aromatic carbocycles. The molecule has 0 aliphatic carbocycles. The minimum Gasteiger partial charge on any atom is -0.478 e. The van der Waals surface area contributed by atoms with Gasteiger partial charge in [-0.05, 0) is 29.2 Å². The lowest BCUT2D eigenvalue weighted by molar-refractivity contribution is 0.0697. The maximum absolute atomic E-state index is 12.7. The van der Waals surface area contributed by atoms with Crippen molar-refractivity contribution in [3.63, 3.8) is 0 Å². The van der Waals surface area contributed by atoms with E-state index >= 15 is 0 Å². The van der Waals surface area contributed by atoms with E-state index < -0.39 is 16.0 Å². The van der Waals surface area contributed by atoms with Crippen LogP contribution in [-0.2, 0) is 15.8 Å². The van der Waals surface area contributed by atoms with Gasteiger partial charge < -0.3 is 5.11 Å². The zero-order valence-electron chi connectivity index (χ0n) is 13.3. The van der Waals surface area contributed by atoms with Gasteiger partial charge in [0.25, 0.3) is 0 Å². The smallest absolute Gasteiger partial charge is 0.335 e. The molecule has 0 radical (unpaired) electrons. The van der Waals surface area contributed by atoms with Crippen molar-refractivity contribution in [1.29, 1.82) is 0 Å². The molecule has 1 aliphatic heterocycles. The van der Waals surface area contributed by atoms with Gasteiger partial charge in [-0.25, -0.2) is 13.2 Å². The van der Waals surface area contributed by atoms with E-state index in [0.717, 1.165) is 5.56 Å². The summed E-state index contributed by atoms with van der Waals surface area (Å²) in [6, 6.07) is 15.5. The van der Waals surface area contributed by atoms with Crippen LogP contribution in [0.3, 0.4) is 0 Å². The van der Waals surface area contributed by atoms with Gasteiger partial charge in [0.1, 0.15) is 0 Å². The van der Waals surface area contributed by atoms with Crippen LogP contribution in [0.2, 0.25) is 0 Å². The molecule has 0 aromatic heterocycles. The molecule has 24 heavy (non-hydrogen) atoms. The fourth-order valence-corrected chi connectivity index (χ4v) is 5.03. The third-order valence-corrected chi connectivity index (χ3v) is 6.15. The fraction of sp³-hybridized carbons (Fsp3) is 0.278.